The molecule has 0 spiro atoms. The summed E-state index contributed by atoms with van der Waals surface area (Å²) >= 11 is 2.81. The number of thiophene rings is 1. The first kappa shape index (κ1) is 16.7. The zero-order chi connectivity index (χ0) is 17.1. The zero-order valence-corrected chi connectivity index (χ0v) is 15.1. The van der Waals surface area contributed by atoms with Crippen LogP contribution in [0, 0.1) is 6.92 Å². The number of carbonyl (C=O) groups excluding carboxylic acids is 1. The number of rotatable bonds is 5. The van der Waals surface area contributed by atoms with Gasteiger partial charge in [-0.15, -0.1) is 11.3 Å². The fourth-order valence-corrected chi connectivity index (χ4v) is 3.98. The number of nitrogens with zero attached hydrogens (tertiary/aromatic N) is 2. The van der Waals surface area contributed by atoms with Gasteiger partial charge in [0.2, 0.25) is 5.91 Å². The number of anilines is 1. The van der Waals surface area contributed by atoms with Gasteiger partial charge < -0.3 is 11.1 Å². The minimum Gasteiger partial charge on any atom is -0.383 e. The van der Waals surface area contributed by atoms with E-state index in [0.717, 1.165) is 21.3 Å². The summed E-state index contributed by atoms with van der Waals surface area (Å²) in [6.45, 7) is 4.02. The molecule has 0 fully saturated rings. The molecule has 3 aromatic rings. The first-order valence-corrected chi connectivity index (χ1v) is 9.39. The van der Waals surface area contributed by atoms with Crippen LogP contribution in [-0.2, 0) is 4.79 Å². The predicted molar refractivity (Wildman–Crippen MR) is 100 cm³/mol. The third-order valence-electron chi connectivity index (χ3n) is 3.70. The molecule has 5 nitrogen and oxygen atoms in total. The van der Waals surface area contributed by atoms with Gasteiger partial charge in [0.05, 0.1) is 17.2 Å². The van der Waals surface area contributed by atoms with Gasteiger partial charge in [0.25, 0.3) is 0 Å². The number of hydrogen-bond acceptors (Lipinski definition) is 6. The lowest BCUT2D eigenvalue weighted by atomic mass is 10.0. The van der Waals surface area contributed by atoms with Gasteiger partial charge in [-0.1, -0.05) is 36.0 Å². The molecule has 2 heterocycles. The molecule has 2 aromatic heterocycles. The third kappa shape index (κ3) is 3.68. The molecule has 0 bridgehead atoms. The van der Waals surface area contributed by atoms with Crippen molar-refractivity contribution < 1.29 is 4.79 Å². The summed E-state index contributed by atoms with van der Waals surface area (Å²) in [4.78, 5) is 21.7. The van der Waals surface area contributed by atoms with Crippen LogP contribution in [0.2, 0.25) is 0 Å². The Morgan fingerprint density at radius 3 is 2.92 bits per heavy atom. The highest BCUT2D eigenvalue weighted by atomic mass is 32.2. The fourth-order valence-electron chi connectivity index (χ4n) is 2.49. The topological polar surface area (TPSA) is 80.9 Å². The molecule has 1 aromatic carbocycles. The van der Waals surface area contributed by atoms with Crippen molar-refractivity contribution in [2.45, 2.75) is 25.0 Å². The van der Waals surface area contributed by atoms with Crippen molar-refractivity contribution in [3.8, 4) is 0 Å². The van der Waals surface area contributed by atoms with E-state index in [2.05, 4.69) is 15.3 Å². The van der Waals surface area contributed by atoms with E-state index < -0.39 is 0 Å². The van der Waals surface area contributed by atoms with Gasteiger partial charge in [0.15, 0.2) is 5.16 Å². The third-order valence-corrected chi connectivity index (χ3v) is 5.35. The molecular weight excluding hydrogens is 340 g/mol. The molecule has 7 heteroatoms. The second-order valence-corrected chi connectivity index (χ2v) is 7.30. The fraction of sp³-hybridized carbons (Fsp3) is 0.235. The van der Waals surface area contributed by atoms with Gasteiger partial charge in [0.1, 0.15) is 10.6 Å². The number of nitrogen functional groups attached to an aromatic ring is 1. The highest BCUT2D eigenvalue weighted by molar-refractivity contribution is 7.99. The molecular formula is C17H18N4OS2. The minimum atomic E-state index is -0.0517. The van der Waals surface area contributed by atoms with Crippen LogP contribution >= 0.6 is 23.1 Å². The molecule has 1 atom stereocenters. The monoisotopic (exact) mass is 358 g/mol. The van der Waals surface area contributed by atoms with E-state index >= 15 is 0 Å². The number of aryl methyl sites for hydroxylation is 1. The van der Waals surface area contributed by atoms with Crippen LogP contribution in [0.25, 0.3) is 10.2 Å². The van der Waals surface area contributed by atoms with E-state index in [0.29, 0.717) is 11.0 Å². The summed E-state index contributed by atoms with van der Waals surface area (Å²) in [6, 6.07) is 9.91. The van der Waals surface area contributed by atoms with Gasteiger partial charge in [-0.05, 0) is 36.4 Å². The van der Waals surface area contributed by atoms with Gasteiger partial charge >= 0.3 is 0 Å². The Hall–Kier alpha value is -2.12. The first-order valence-electron chi connectivity index (χ1n) is 7.53. The molecule has 3 N–H and O–H groups in total. The summed E-state index contributed by atoms with van der Waals surface area (Å²) in [7, 11) is 0. The lowest BCUT2D eigenvalue weighted by Crippen LogP contribution is -2.28. The van der Waals surface area contributed by atoms with Gasteiger partial charge in [0, 0.05) is 0 Å². The van der Waals surface area contributed by atoms with E-state index in [4.69, 9.17) is 5.73 Å². The van der Waals surface area contributed by atoms with Gasteiger partial charge in [-0.25, -0.2) is 9.97 Å². The summed E-state index contributed by atoms with van der Waals surface area (Å²) in [6.07, 6.45) is 0. The lowest BCUT2D eigenvalue weighted by Gasteiger charge is -2.16. The molecule has 0 aliphatic carbocycles. The van der Waals surface area contributed by atoms with Crippen LogP contribution in [-0.4, -0.2) is 21.6 Å². The Morgan fingerprint density at radius 2 is 2.12 bits per heavy atom. The summed E-state index contributed by atoms with van der Waals surface area (Å²) in [5.41, 5.74) is 8.21. The Bertz CT molecular complexity index is 878. The van der Waals surface area contributed by atoms with Crippen molar-refractivity contribution in [2.75, 3.05) is 11.5 Å². The van der Waals surface area contributed by atoms with E-state index in [1.54, 1.807) is 0 Å². The molecule has 0 saturated heterocycles. The number of nitrogens with two attached hydrogens (primary N) is 1. The standard InChI is InChI=1S/C17H18N4OS2/c1-10-5-3-4-6-12(10)11(2)19-14(22)9-24-17-20-15(18)13-7-8-23-16(13)21-17/h3-8,11H,9H2,1-2H3,(H,19,22)(H2,18,20,21). The lowest BCUT2D eigenvalue weighted by molar-refractivity contribution is -0.119. The number of hydrogen-bond donors (Lipinski definition) is 2. The molecule has 124 valence electrons. The van der Waals surface area contributed by atoms with Gasteiger partial charge in [-0.2, -0.15) is 0 Å². The molecule has 3 rings (SSSR count). The van der Waals surface area contributed by atoms with E-state index in [1.807, 2.05) is 49.6 Å². The van der Waals surface area contributed by atoms with Crippen LogP contribution in [0.3, 0.4) is 0 Å². The Morgan fingerprint density at radius 1 is 1.33 bits per heavy atom. The largest absolute Gasteiger partial charge is 0.383 e. The molecule has 0 aliphatic rings. The first-order chi connectivity index (χ1) is 11.5. The second kappa shape index (κ2) is 7.19. The van der Waals surface area contributed by atoms with Crippen LogP contribution < -0.4 is 11.1 Å². The number of aromatic nitrogens is 2. The smallest absolute Gasteiger partial charge is 0.230 e. The predicted octanol–water partition coefficient (Wildman–Crippen LogP) is 3.55. The van der Waals surface area contributed by atoms with E-state index in [9.17, 15) is 4.79 Å². The van der Waals surface area contributed by atoms with Gasteiger partial charge in [-0.3, -0.25) is 4.79 Å². The zero-order valence-electron chi connectivity index (χ0n) is 13.4. The quantitative estimate of drug-likeness (QED) is 0.538. The molecule has 0 saturated carbocycles. The maximum Gasteiger partial charge on any atom is 0.230 e. The van der Waals surface area contributed by atoms with Crippen molar-refractivity contribution in [1.82, 2.24) is 15.3 Å². The molecule has 24 heavy (non-hydrogen) atoms. The number of thioether (sulfide) groups is 1. The van der Waals surface area contributed by atoms with Crippen molar-refractivity contribution in [2.24, 2.45) is 0 Å². The maximum atomic E-state index is 12.2. The summed E-state index contributed by atoms with van der Waals surface area (Å²) in [5.74, 6) is 0.661. The number of benzene rings is 1. The minimum absolute atomic E-state index is 0.0370. The van der Waals surface area contributed by atoms with Crippen LogP contribution in [0.1, 0.15) is 24.1 Å². The van der Waals surface area contributed by atoms with Crippen molar-refractivity contribution in [1.29, 1.82) is 0 Å². The maximum absolute atomic E-state index is 12.2. The number of carbonyl (C=O) groups is 1. The van der Waals surface area contributed by atoms with Crippen LogP contribution in [0.5, 0.6) is 0 Å². The van der Waals surface area contributed by atoms with E-state index in [-0.39, 0.29) is 17.7 Å². The molecule has 0 aliphatic heterocycles. The Kier molecular flexibility index (Phi) is 5.01. The SMILES string of the molecule is Cc1ccccc1C(C)NC(=O)CSc1nc(N)c2ccsc2n1. The molecule has 1 amide bonds. The molecule has 1 unspecified atom stereocenters. The summed E-state index contributed by atoms with van der Waals surface area (Å²) < 4.78 is 0. The van der Waals surface area contributed by atoms with E-state index in [1.165, 1.54) is 23.1 Å². The highest BCUT2D eigenvalue weighted by Gasteiger charge is 2.13. The number of fused-ring (bicyclic) bond motifs is 1. The van der Waals surface area contributed by atoms with Crippen LogP contribution in [0.4, 0.5) is 5.82 Å². The Labute approximate surface area is 148 Å². The average molecular weight is 358 g/mol. The van der Waals surface area contributed by atoms with Crippen molar-refractivity contribution >= 4 is 45.0 Å². The van der Waals surface area contributed by atoms with Crippen molar-refractivity contribution in [3.05, 3.63) is 46.8 Å². The number of amides is 1. The van der Waals surface area contributed by atoms with Crippen molar-refractivity contribution in [3.63, 3.8) is 0 Å². The second-order valence-electron chi connectivity index (χ2n) is 5.47. The highest BCUT2D eigenvalue weighted by Crippen LogP contribution is 2.26. The Balaban J connectivity index is 1.61. The summed E-state index contributed by atoms with van der Waals surface area (Å²) in [5, 5.41) is 6.33. The number of nitrogens with one attached hydrogen (secondary N) is 1. The average Bonchev–Trinajstić information content (AvgIpc) is 3.02. The molecule has 0 radical (unpaired) electrons. The normalized spacial score (nSPS) is 12.2. The van der Waals surface area contributed by atoms with Crippen LogP contribution in [0.15, 0.2) is 40.9 Å².